The van der Waals surface area contributed by atoms with Crippen LogP contribution in [-0.2, 0) is 19.1 Å². The highest BCUT2D eigenvalue weighted by Gasteiger charge is 2.33. The standard InChI is InChI=1S/C7H6O4/c8-5-1-2-10-6-4(5)3-11-7(6)9/h1-3H2. The van der Waals surface area contributed by atoms with E-state index >= 15 is 0 Å². The van der Waals surface area contributed by atoms with Crippen LogP contribution < -0.4 is 0 Å². The van der Waals surface area contributed by atoms with Gasteiger partial charge in [0.15, 0.2) is 5.78 Å². The molecule has 0 fully saturated rings. The van der Waals surface area contributed by atoms with Crippen LogP contribution >= 0.6 is 0 Å². The lowest BCUT2D eigenvalue weighted by Crippen LogP contribution is -2.16. The number of ether oxygens (including phenoxy) is 2. The maximum absolute atomic E-state index is 11.1. The molecule has 0 saturated carbocycles. The number of carbonyl (C=O) groups is 2. The van der Waals surface area contributed by atoms with E-state index in [2.05, 4.69) is 4.74 Å². The van der Waals surface area contributed by atoms with Crippen molar-refractivity contribution in [3.8, 4) is 0 Å². The number of rotatable bonds is 0. The maximum atomic E-state index is 11.1. The van der Waals surface area contributed by atoms with Crippen molar-refractivity contribution in [3.05, 3.63) is 11.3 Å². The summed E-state index contributed by atoms with van der Waals surface area (Å²) in [5.74, 6) is -0.411. The Hall–Kier alpha value is -1.32. The summed E-state index contributed by atoms with van der Waals surface area (Å²) in [6, 6.07) is 0. The van der Waals surface area contributed by atoms with Crippen LogP contribution in [-0.4, -0.2) is 25.0 Å². The molecule has 0 amide bonds. The first kappa shape index (κ1) is 6.39. The van der Waals surface area contributed by atoms with Crippen LogP contribution in [0, 0.1) is 0 Å². The zero-order valence-electron chi connectivity index (χ0n) is 5.75. The lowest BCUT2D eigenvalue weighted by Gasteiger charge is -2.10. The van der Waals surface area contributed by atoms with Gasteiger partial charge < -0.3 is 9.47 Å². The van der Waals surface area contributed by atoms with Gasteiger partial charge in [0.1, 0.15) is 6.61 Å². The lowest BCUT2D eigenvalue weighted by molar-refractivity contribution is -0.139. The Morgan fingerprint density at radius 2 is 2.00 bits per heavy atom. The van der Waals surface area contributed by atoms with E-state index in [-0.39, 0.29) is 18.1 Å². The van der Waals surface area contributed by atoms with Gasteiger partial charge in [-0.25, -0.2) is 4.79 Å². The molecule has 0 radical (unpaired) electrons. The Labute approximate surface area is 62.8 Å². The summed E-state index contributed by atoms with van der Waals surface area (Å²) in [6.45, 7) is 0.389. The third-order valence-corrected chi connectivity index (χ3v) is 1.72. The van der Waals surface area contributed by atoms with Gasteiger partial charge in [-0.1, -0.05) is 0 Å². The first-order chi connectivity index (χ1) is 5.29. The number of cyclic esters (lactones) is 1. The van der Waals surface area contributed by atoms with Gasteiger partial charge in [0.25, 0.3) is 0 Å². The first-order valence-corrected chi connectivity index (χ1v) is 3.35. The van der Waals surface area contributed by atoms with E-state index in [1.165, 1.54) is 0 Å². The predicted octanol–water partition coefficient (Wildman–Crippen LogP) is -0.213. The number of ketones is 1. The minimum Gasteiger partial charge on any atom is -0.486 e. The van der Waals surface area contributed by atoms with Gasteiger partial charge in [0, 0.05) is 6.42 Å². The van der Waals surface area contributed by atoms with Crippen molar-refractivity contribution in [2.24, 2.45) is 0 Å². The summed E-state index contributed by atoms with van der Waals surface area (Å²) < 4.78 is 9.58. The summed E-state index contributed by atoms with van der Waals surface area (Å²) >= 11 is 0. The van der Waals surface area contributed by atoms with E-state index < -0.39 is 5.97 Å². The first-order valence-electron chi connectivity index (χ1n) is 3.35. The molecule has 0 aromatic rings. The molecule has 0 spiro atoms. The topological polar surface area (TPSA) is 52.6 Å². The molecule has 4 nitrogen and oxygen atoms in total. The molecule has 11 heavy (non-hydrogen) atoms. The number of hydrogen-bond acceptors (Lipinski definition) is 4. The molecule has 0 N–H and O–H groups in total. The highest BCUT2D eigenvalue weighted by Crippen LogP contribution is 2.22. The van der Waals surface area contributed by atoms with Crippen molar-refractivity contribution in [3.63, 3.8) is 0 Å². The zero-order valence-corrected chi connectivity index (χ0v) is 5.75. The second-order valence-corrected chi connectivity index (χ2v) is 2.41. The smallest absolute Gasteiger partial charge is 0.374 e. The van der Waals surface area contributed by atoms with Crippen molar-refractivity contribution in [2.75, 3.05) is 13.2 Å². The molecular weight excluding hydrogens is 148 g/mol. The van der Waals surface area contributed by atoms with Crippen molar-refractivity contribution in [2.45, 2.75) is 6.42 Å². The Morgan fingerprint density at radius 3 is 2.73 bits per heavy atom. The number of Topliss-reactive ketones (excluding diaryl/α,β-unsaturated/α-hetero) is 1. The molecule has 2 rings (SSSR count). The second kappa shape index (κ2) is 2.08. The Balaban J connectivity index is 2.40. The van der Waals surface area contributed by atoms with Crippen LogP contribution in [0.25, 0.3) is 0 Å². The highest BCUT2D eigenvalue weighted by molar-refractivity contribution is 6.06. The van der Waals surface area contributed by atoms with E-state index in [1.54, 1.807) is 0 Å². The molecular formula is C7H6O4. The molecule has 0 bridgehead atoms. The van der Waals surface area contributed by atoms with Crippen LogP contribution in [0.1, 0.15) is 6.42 Å². The van der Waals surface area contributed by atoms with E-state index in [4.69, 9.17) is 4.74 Å². The highest BCUT2D eigenvalue weighted by atomic mass is 16.6. The minimum atomic E-state index is -0.506. The quantitative estimate of drug-likeness (QED) is 0.453. The van der Waals surface area contributed by atoms with Crippen molar-refractivity contribution in [1.29, 1.82) is 0 Å². The van der Waals surface area contributed by atoms with E-state index in [9.17, 15) is 9.59 Å². The number of hydrogen-bond donors (Lipinski definition) is 0. The van der Waals surface area contributed by atoms with E-state index in [1.807, 2.05) is 0 Å². The molecule has 0 atom stereocenters. The monoisotopic (exact) mass is 154 g/mol. The van der Waals surface area contributed by atoms with E-state index in [0.717, 1.165) is 0 Å². The SMILES string of the molecule is O=C1CCOC2=C1COC2=O. The molecule has 0 unspecified atom stereocenters. The Morgan fingerprint density at radius 1 is 1.18 bits per heavy atom. The molecule has 0 aromatic carbocycles. The van der Waals surface area contributed by atoms with Crippen LogP contribution in [0.3, 0.4) is 0 Å². The van der Waals surface area contributed by atoms with Gasteiger partial charge in [-0.05, 0) is 0 Å². The summed E-state index contributed by atoms with van der Waals surface area (Å²) in [5.41, 5.74) is 0.404. The molecule has 0 aromatic heterocycles. The fraction of sp³-hybridized carbons (Fsp3) is 0.429. The predicted molar refractivity (Wildman–Crippen MR) is 33.6 cm³/mol. The summed E-state index contributed by atoms with van der Waals surface area (Å²) in [5, 5.41) is 0. The van der Waals surface area contributed by atoms with Gasteiger partial charge >= 0.3 is 5.97 Å². The molecule has 2 aliphatic heterocycles. The Bertz CT molecular complexity index is 264. The average Bonchev–Trinajstić information content (AvgIpc) is 2.35. The largest absolute Gasteiger partial charge is 0.486 e. The van der Waals surface area contributed by atoms with Crippen LogP contribution in [0.5, 0.6) is 0 Å². The fourth-order valence-electron chi connectivity index (χ4n) is 1.14. The van der Waals surface area contributed by atoms with Crippen LogP contribution in [0.15, 0.2) is 11.3 Å². The molecule has 4 heteroatoms. The van der Waals surface area contributed by atoms with Gasteiger partial charge in [-0.2, -0.15) is 0 Å². The van der Waals surface area contributed by atoms with Crippen molar-refractivity contribution < 1.29 is 19.1 Å². The normalized spacial score (nSPS) is 22.9. The summed E-state index contributed by atoms with van der Waals surface area (Å²) in [4.78, 5) is 21.8. The van der Waals surface area contributed by atoms with Gasteiger partial charge in [-0.15, -0.1) is 0 Å². The van der Waals surface area contributed by atoms with Crippen molar-refractivity contribution in [1.82, 2.24) is 0 Å². The van der Waals surface area contributed by atoms with E-state index in [0.29, 0.717) is 18.6 Å². The molecule has 2 heterocycles. The molecule has 58 valence electrons. The van der Waals surface area contributed by atoms with Gasteiger partial charge in [0.2, 0.25) is 5.76 Å². The lowest BCUT2D eigenvalue weighted by atomic mass is 10.1. The third kappa shape index (κ3) is 0.824. The van der Waals surface area contributed by atoms with Gasteiger partial charge in [0.05, 0.1) is 12.2 Å². The summed E-state index contributed by atoms with van der Waals surface area (Å²) in [7, 11) is 0. The number of carbonyl (C=O) groups excluding carboxylic acids is 2. The molecule has 0 aliphatic carbocycles. The zero-order chi connectivity index (χ0) is 7.84. The average molecular weight is 154 g/mol. The number of esters is 1. The molecule has 2 aliphatic rings. The van der Waals surface area contributed by atoms with Gasteiger partial charge in [-0.3, -0.25) is 4.79 Å². The minimum absolute atomic E-state index is 0.0305. The third-order valence-electron chi connectivity index (χ3n) is 1.72. The fourth-order valence-corrected chi connectivity index (χ4v) is 1.14. The van der Waals surface area contributed by atoms with Crippen LogP contribution in [0.2, 0.25) is 0 Å². The maximum Gasteiger partial charge on any atom is 0.374 e. The summed E-state index contributed by atoms with van der Waals surface area (Å²) in [6.07, 6.45) is 0.357. The van der Waals surface area contributed by atoms with Crippen LogP contribution in [0.4, 0.5) is 0 Å². The van der Waals surface area contributed by atoms with Crippen molar-refractivity contribution >= 4 is 11.8 Å². The Kier molecular flexibility index (Phi) is 1.21. The molecule has 0 saturated heterocycles. The second-order valence-electron chi connectivity index (χ2n) is 2.41.